The second-order valence-electron chi connectivity index (χ2n) is 8.96. The van der Waals surface area contributed by atoms with E-state index >= 15 is 0 Å². The molecule has 0 aliphatic heterocycles. The number of rotatable bonds is 14. The summed E-state index contributed by atoms with van der Waals surface area (Å²) in [5.41, 5.74) is 1.07. The van der Waals surface area contributed by atoms with Crippen LogP contribution in [0, 0.1) is 6.92 Å². The van der Waals surface area contributed by atoms with E-state index in [1.165, 1.54) is 10.9 Å². The first-order valence-corrected chi connectivity index (χ1v) is 14.2. The molecule has 41 heavy (non-hydrogen) atoms. The zero-order valence-corrected chi connectivity index (χ0v) is 24.1. The average Bonchev–Trinajstić information content (AvgIpc) is 3.31. The number of nitrogens with one attached hydrogen (secondary N) is 1. The van der Waals surface area contributed by atoms with Crippen LogP contribution in [0.4, 0.5) is 0 Å². The van der Waals surface area contributed by atoms with Crippen LogP contribution in [-0.2, 0) is 22.5 Å². The molecular weight excluding hydrogens is 546 g/mol. The Balaban J connectivity index is 1.33. The SMILES string of the molecule is CCOc1ccc(CCNC(=O)Cn2cnc3sc(C(=O)OCCOc4ccccc4)c(C)c3c2=O)cc1OCC. The van der Waals surface area contributed by atoms with Crippen molar-refractivity contribution in [2.24, 2.45) is 0 Å². The Morgan fingerprint density at radius 1 is 0.976 bits per heavy atom. The number of para-hydroxylation sites is 1. The number of aromatic nitrogens is 2. The highest BCUT2D eigenvalue weighted by molar-refractivity contribution is 7.20. The van der Waals surface area contributed by atoms with E-state index in [-0.39, 0.29) is 25.7 Å². The summed E-state index contributed by atoms with van der Waals surface area (Å²) in [5, 5.41) is 3.14. The van der Waals surface area contributed by atoms with Crippen LogP contribution >= 0.6 is 11.3 Å². The maximum atomic E-state index is 13.2. The molecule has 0 unspecified atom stereocenters. The maximum absolute atomic E-state index is 13.2. The van der Waals surface area contributed by atoms with Crippen LogP contribution in [0.2, 0.25) is 0 Å². The highest BCUT2D eigenvalue weighted by atomic mass is 32.1. The van der Waals surface area contributed by atoms with Crippen molar-refractivity contribution in [1.82, 2.24) is 14.9 Å². The van der Waals surface area contributed by atoms with Gasteiger partial charge in [0.25, 0.3) is 5.56 Å². The number of hydrogen-bond donors (Lipinski definition) is 1. The molecule has 11 heteroatoms. The van der Waals surface area contributed by atoms with Crippen molar-refractivity contribution in [1.29, 1.82) is 0 Å². The van der Waals surface area contributed by atoms with Crippen LogP contribution in [0.3, 0.4) is 0 Å². The molecule has 1 amide bonds. The van der Waals surface area contributed by atoms with E-state index < -0.39 is 11.5 Å². The Labute approximate surface area is 241 Å². The lowest BCUT2D eigenvalue weighted by Crippen LogP contribution is -2.33. The number of carbonyl (C=O) groups is 2. The smallest absolute Gasteiger partial charge is 0.348 e. The molecule has 0 atom stereocenters. The van der Waals surface area contributed by atoms with Gasteiger partial charge in [0.05, 0.1) is 24.9 Å². The number of aryl methyl sites for hydroxylation is 1. The van der Waals surface area contributed by atoms with Gasteiger partial charge < -0.3 is 24.3 Å². The predicted octanol–water partition coefficient (Wildman–Crippen LogP) is 4.16. The zero-order valence-electron chi connectivity index (χ0n) is 23.3. The number of benzene rings is 2. The third kappa shape index (κ3) is 7.63. The molecule has 0 fully saturated rings. The van der Waals surface area contributed by atoms with Gasteiger partial charge in [0.1, 0.15) is 35.2 Å². The van der Waals surface area contributed by atoms with Crippen LogP contribution in [0.15, 0.2) is 59.7 Å². The molecule has 0 saturated carbocycles. The minimum atomic E-state index is -0.548. The molecule has 4 rings (SSSR count). The summed E-state index contributed by atoms with van der Waals surface area (Å²) in [6.45, 7) is 7.00. The molecule has 0 saturated heterocycles. The van der Waals surface area contributed by atoms with Gasteiger partial charge in [-0.05, 0) is 62.6 Å². The molecule has 2 heterocycles. The second kappa shape index (κ2) is 14.3. The highest BCUT2D eigenvalue weighted by Crippen LogP contribution is 2.29. The molecule has 216 valence electrons. The Bertz CT molecular complexity index is 1550. The van der Waals surface area contributed by atoms with Gasteiger partial charge in [-0.1, -0.05) is 24.3 Å². The van der Waals surface area contributed by atoms with Crippen molar-refractivity contribution in [2.75, 3.05) is 33.0 Å². The van der Waals surface area contributed by atoms with Crippen molar-refractivity contribution in [2.45, 2.75) is 33.7 Å². The van der Waals surface area contributed by atoms with Crippen molar-refractivity contribution in [3.63, 3.8) is 0 Å². The number of carbonyl (C=O) groups excluding carboxylic acids is 2. The van der Waals surface area contributed by atoms with Gasteiger partial charge in [-0.2, -0.15) is 0 Å². The second-order valence-corrected chi connectivity index (χ2v) is 9.96. The topological polar surface area (TPSA) is 118 Å². The van der Waals surface area contributed by atoms with Gasteiger partial charge in [0.2, 0.25) is 5.91 Å². The molecule has 0 radical (unpaired) electrons. The Morgan fingerprint density at radius 2 is 1.73 bits per heavy atom. The van der Waals surface area contributed by atoms with Gasteiger partial charge in [-0.3, -0.25) is 14.2 Å². The molecular formula is C30H33N3O7S. The van der Waals surface area contributed by atoms with E-state index in [1.54, 1.807) is 6.92 Å². The highest BCUT2D eigenvalue weighted by Gasteiger charge is 2.21. The fourth-order valence-electron chi connectivity index (χ4n) is 4.15. The molecule has 0 aliphatic rings. The number of hydrogen-bond acceptors (Lipinski definition) is 9. The molecule has 1 N–H and O–H groups in total. The molecule has 0 spiro atoms. The summed E-state index contributed by atoms with van der Waals surface area (Å²) in [5.74, 6) is 1.16. The first kappa shape index (κ1) is 29.6. The third-order valence-electron chi connectivity index (χ3n) is 6.09. The Morgan fingerprint density at radius 3 is 2.49 bits per heavy atom. The number of thiophene rings is 1. The summed E-state index contributed by atoms with van der Waals surface area (Å²) >= 11 is 1.09. The fourth-order valence-corrected chi connectivity index (χ4v) is 5.18. The summed E-state index contributed by atoms with van der Waals surface area (Å²) in [4.78, 5) is 43.5. The van der Waals surface area contributed by atoms with Crippen molar-refractivity contribution >= 4 is 33.4 Å². The van der Waals surface area contributed by atoms with E-state index in [0.29, 0.717) is 64.1 Å². The maximum Gasteiger partial charge on any atom is 0.348 e. The minimum absolute atomic E-state index is 0.0584. The molecule has 2 aromatic carbocycles. The first-order valence-electron chi connectivity index (χ1n) is 13.4. The van der Waals surface area contributed by atoms with E-state index in [4.69, 9.17) is 18.9 Å². The van der Waals surface area contributed by atoms with Crippen LogP contribution in [0.5, 0.6) is 17.2 Å². The van der Waals surface area contributed by atoms with E-state index in [1.807, 2.05) is 62.4 Å². The monoisotopic (exact) mass is 579 g/mol. The van der Waals surface area contributed by atoms with E-state index in [2.05, 4.69) is 10.3 Å². The zero-order chi connectivity index (χ0) is 29.2. The number of ether oxygens (including phenoxy) is 4. The first-order chi connectivity index (χ1) is 19.9. The quantitative estimate of drug-likeness (QED) is 0.175. The number of nitrogens with zero attached hydrogens (tertiary/aromatic N) is 2. The number of esters is 1. The van der Waals surface area contributed by atoms with Gasteiger partial charge in [-0.15, -0.1) is 11.3 Å². The van der Waals surface area contributed by atoms with Crippen LogP contribution in [0.25, 0.3) is 10.2 Å². The molecule has 0 aliphatic carbocycles. The lowest BCUT2D eigenvalue weighted by atomic mass is 10.1. The van der Waals surface area contributed by atoms with Crippen molar-refractivity contribution < 1.29 is 28.5 Å². The Hall–Kier alpha value is -4.38. The lowest BCUT2D eigenvalue weighted by Gasteiger charge is -2.13. The number of fused-ring (bicyclic) bond motifs is 1. The molecule has 10 nitrogen and oxygen atoms in total. The normalized spacial score (nSPS) is 10.8. The largest absolute Gasteiger partial charge is 0.490 e. The third-order valence-corrected chi connectivity index (χ3v) is 7.27. The lowest BCUT2D eigenvalue weighted by molar-refractivity contribution is -0.121. The summed E-state index contributed by atoms with van der Waals surface area (Å²) in [6, 6.07) is 14.9. The summed E-state index contributed by atoms with van der Waals surface area (Å²) in [6.07, 6.45) is 1.90. The predicted molar refractivity (Wildman–Crippen MR) is 156 cm³/mol. The van der Waals surface area contributed by atoms with Crippen LogP contribution in [-0.4, -0.2) is 54.4 Å². The van der Waals surface area contributed by atoms with Crippen molar-refractivity contribution in [3.05, 3.63) is 81.2 Å². The van der Waals surface area contributed by atoms with Crippen LogP contribution < -0.4 is 25.1 Å². The number of amides is 1. The van der Waals surface area contributed by atoms with Gasteiger partial charge in [0, 0.05) is 6.54 Å². The van der Waals surface area contributed by atoms with Crippen LogP contribution in [0.1, 0.15) is 34.6 Å². The average molecular weight is 580 g/mol. The summed E-state index contributed by atoms with van der Waals surface area (Å²) in [7, 11) is 0. The van der Waals surface area contributed by atoms with Gasteiger partial charge >= 0.3 is 5.97 Å². The summed E-state index contributed by atoms with van der Waals surface area (Å²) < 4.78 is 23.4. The molecule has 2 aromatic heterocycles. The fraction of sp³-hybridized carbons (Fsp3) is 0.333. The molecule has 0 bridgehead atoms. The standard InChI is InChI=1S/C30H33N3O7S/c1-4-37-23-12-11-21(17-24(23)38-5-2)13-14-31-25(34)18-33-19-32-28-26(29(33)35)20(3)27(41-28)30(36)40-16-15-39-22-9-7-6-8-10-22/h6-12,17,19H,4-5,13-16,18H2,1-3H3,(H,31,34). The van der Waals surface area contributed by atoms with E-state index in [0.717, 1.165) is 16.9 Å². The van der Waals surface area contributed by atoms with Gasteiger partial charge in [0.15, 0.2) is 11.5 Å². The minimum Gasteiger partial charge on any atom is -0.490 e. The van der Waals surface area contributed by atoms with Crippen molar-refractivity contribution in [3.8, 4) is 17.2 Å². The van der Waals surface area contributed by atoms with E-state index in [9.17, 15) is 14.4 Å². The molecule has 4 aromatic rings. The Kier molecular flexibility index (Phi) is 10.3. The van der Waals surface area contributed by atoms with Gasteiger partial charge in [-0.25, -0.2) is 9.78 Å².